The van der Waals surface area contributed by atoms with E-state index in [0.29, 0.717) is 0 Å². The van der Waals surface area contributed by atoms with Crippen LogP contribution in [0.1, 0.15) is 5.56 Å². The number of rotatable bonds is 5. The number of hydrogen-bond acceptors (Lipinski definition) is 2. The SMILES string of the molecule is CO[SiH](CC=Cc1ccccc1)OC. The molecule has 0 unspecified atom stereocenters. The minimum atomic E-state index is -1.42. The molecule has 1 aromatic rings. The molecule has 0 bridgehead atoms. The first-order valence-corrected chi connectivity index (χ1v) is 6.40. The monoisotopic (exact) mass is 208 g/mol. The van der Waals surface area contributed by atoms with Crippen molar-refractivity contribution in [1.29, 1.82) is 0 Å². The highest BCUT2D eigenvalue weighted by atomic mass is 28.3. The van der Waals surface area contributed by atoms with Gasteiger partial charge in [-0.15, -0.1) is 0 Å². The van der Waals surface area contributed by atoms with Crippen LogP contribution < -0.4 is 0 Å². The first-order valence-electron chi connectivity index (χ1n) is 4.64. The van der Waals surface area contributed by atoms with Crippen LogP contribution in [0.4, 0.5) is 0 Å². The summed E-state index contributed by atoms with van der Waals surface area (Å²) in [7, 11) is 1.99. The Hall–Kier alpha value is -0.903. The lowest BCUT2D eigenvalue weighted by molar-refractivity contribution is 0.281. The smallest absolute Gasteiger partial charge is 0.324 e. The molecular formula is C11H16O2Si. The van der Waals surface area contributed by atoms with Gasteiger partial charge in [0, 0.05) is 20.3 Å². The highest BCUT2D eigenvalue weighted by Crippen LogP contribution is 2.03. The molecule has 0 N–H and O–H groups in total. The van der Waals surface area contributed by atoms with Crippen LogP contribution in [-0.2, 0) is 8.85 Å². The Morgan fingerprint density at radius 1 is 1.14 bits per heavy atom. The predicted octanol–water partition coefficient (Wildman–Crippen LogP) is 2.21. The summed E-state index contributed by atoms with van der Waals surface area (Å²) in [6.45, 7) is 0. The van der Waals surface area contributed by atoms with Crippen molar-refractivity contribution < 1.29 is 8.85 Å². The van der Waals surface area contributed by atoms with Crippen LogP contribution in [0.5, 0.6) is 0 Å². The van der Waals surface area contributed by atoms with Gasteiger partial charge in [0.15, 0.2) is 0 Å². The lowest BCUT2D eigenvalue weighted by atomic mass is 10.2. The Morgan fingerprint density at radius 3 is 2.36 bits per heavy atom. The van der Waals surface area contributed by atoms with E-state index in [2.05, 4.69) is 24.3 Å². The Kier molecular flexibility index (Phi) is 5.22. The Morgan fingerprint density at radius 2 is 1.79 bits per heavy atom. The second-order valence-corrected chi connectivity index (χ2v) is 5.22. The fourth-order valence-corrected chi connectivity index (χ4v) is 2.10. The third-order valence-electron chi connectivity index (χ3n) is 1.96. The van der Waals surface area contributed by atoms with Crippen molar-refractivity contribution >= 4 is 15.4 Å². The maximum absolute atomic E-state index is 5.20. The van der Waals surface area contributed by atoms with Gasteiger partial charge in [0.1, 0.15) is 0 Å². The van der Waals surface area contributed by atoms with E-state index in [1.165, 1.54) is 5.56 Å². The molecule has 0 heterocycles. The lowest BCUT2D eigenvalue weighted by Crippen LogP contribution is -2.17. The molecule has 0 amide bonds. The Balaban J connectivity index is 2.41. The number of allylic oxidation sites excluding steroid dienone is 1. The van der Waals surface area contributed by atoms with Gasteiger partial charge < -0.3 is 8.85 Å². The van der Waals surface area contributed by atoms with E-state index in [0.717, 1.165) is 6.04 Å². The molecule has 1 rings (SSSR count). The average Bonchev–Trinajstić information content (AvgIpc) is 2.26. The standard InChI is InChI=1S/C11H16O2Si/c1-12-14(13-2)10-6-9-11-7-4-3-5-8-11/h3-9,14H,10H2,1-2H3. The molecular weight excluding hydrogens is 192 g/mol. The van der Waals surface area contributed by atoms with Gasteiger partial charge >= 0.3 is 9.28 Å². The molecule has 0 fully saturated rings. The molecule has 14 heavy (non-hydrogen) atoms. The zero-order chi connectivity index (χ0) is 10.2. The fraction of sp³-hybridized carbons (Fsp3) is 0.273. The molecule has 0 radical (unpaired) electrons. The first kappa shape index (κ1) is 11.2. The third kappa shape index (κ3) is 3.87. The van der Waals surface area contributed by atoms with Gasteiger partial charge in [-0.25, -0.2) is 0 Å². The quantitative estimate of drug-likeness (QED) is 0.691. The number of benzene rings is 1. The van der Waals surface area contributed by atoms with Gasteiger partial charge in [-0.05, 0) is 5.56 Å². The molecule has 0 aliphatic rings. The summed E-state index contributed by atoms with van der Waals surface area (Å²) in [5, 5.41) is 0. The van der Waals surface area contributed by atoms with E-state index >= 15 is 0 Å². The van der Waals surface area contributed by atoms with E-state index in [4.69, 9.17) is 8.85 Å². The molecule has 3 heteroatoms. The van der Waals surface area contributed by atoms with Crippen molar-refractivity contribution in [2.45, 2.75) is 6.04 Å². The summed E-state index contributed by atoms with van der Waals surface area (Å²) < 4.78 is 10.4. The molecule has 2 nitrogen and oxygen atoms in total. The molecule has 1 aromatic carbocycles. The minimum absolute atomic E-state index is 0.905. The third-order valence-corrected chi connectivity index (χ3v) is 3.67. The van der Waals surface area contributed by atoms with Crippen molar-refractivity contribution in [2.75, 3.05) is 14.2 Å². The molecule has 0 aliphatic carbocycles. The summed E-state index contributed by atoms with van der Waals surface area (Å²) in [6.07, 6.45) is 4.21. The van der Waals surface area contributed by atoms with Gasteiger partial charge in [-0.2, -0.15) is 0 Å². The molecule has 76 valence electrons. The molecule has 0 atom stereocenters. The summed E-state index contributed by atoms with van der Waals surface area (Å²) >= 11 is 0. The van der Waals surface area contributed by atoms with Gasteiger partial charge in [0.2, 0.25) is 0 Å². The maximum Gasteiger partial charge on any atom is 0.324 e. The maximum atomic E-state index is 5.20. The highest BCUT2D eigenvalue weighted by molar-refractivity contribution is 6.44. The molecule has 0 saturated carbocycles. The molecule has 0 saturated heterocycles. The van der Waals surface area contributed by atoms with Crippen LogP contribution in [0.15, 0.2) is 36.4 Å². The second kappa shape index (κ2) is 6.54. The van der Waals surface area contributed by atoms with Crippen molar-refractivity contribution in [3.05, 3.63) is 42.0 Å². The summed E-state index contributed by atoms with van der Waals surface area (Å²) in [6, 6.07) is 11.1. The van der Waals surface area contributed by atoms with Crippen molar-refractivity contribution in [3.63, 3.8) is 0 Å². The van der Waals surface area contributed by atoms with Crippen LogP contribution in [0.2, 0.25) is 6.04 Å². The average molecular weight is 208 g/mol. The van der Waals surface area contributed by atoms with E-state index in [1.807, 2.05) is 18.2 Å². The van der Waals surface area contributed by atoms with Crippen LogP contribution in [0, 0.1) is 0 Å². The largest absolute Gasteiger partial charge is 0.400 e. The number of hydrogen-bond donors (Lipinski definition) is 0. The Bertz CT molecular complexity index is 268. The normalized spacial score (nSPS) is 11.4. The van der Waals surface area contributed by atoms with E-state index in [-0.39, 0.29) is 0 Å². The van der Waals surface area contributed by atoms with Crippen molar-refractivity contribution in [3.8, 4) is 0 Å². The van der Waals surface area contributed by atoms with Crippen LogP contribution in [0.3, 0.4) is 0 Å². The van der Waals surface area contributed by atoms with Crippen molar-refractivity contribution in [2.24, 2.45) is 0 Å². The topological polar surface area (TPSA) is 18.5 Å². The van der Waals surface area contributed by atoms with Gasteiger partial charge in [0.05, 0.1) is 0 Å². The van der Waals surface area contributed by atoms with E-state index in [1.54, 1.807) is 14.2 Å². The van der Waals surface area contributed by atoms with E-state index in [9.17, 15) is 0 Å². The van der Waals surface area contributed by atoms with E-state index < -0.39 is 9.28 Å². The van der Waals surface area contributed by atoms with Gasteiger partial charge in [0.25, 0.3) is 0 Å². The summed E-state index contributed by atoms with van der Waals surface area (Å²) in [5.41, 5.74) is 1.22. The predicted molar refractivity (Wildman–Crippen MR) is 61.5 cm³/mol. The fourth-order valence-electron chi connectivity index (χ4n) is 1.17. The highest BCUT2D eigenvalue weighted by Gasteiger charge is 2.04. The van der Waals surface area contributed by atoms with Gasteiger partial charge in [-0.3, -0.25) is 0 Å². The van der Waals surface area contributed by atoms with Gasteiger partial charge in [-0.1, -0.05) is 42.5 Å². The van der Waals surface area contributed by atoms with Crippen LogP contribution >= 0.6 is 0 Å². The molecule has 0 aliphatic heterocycles. The minimum Gasteiger partial charge on any atom is -0.400 e. The van der Waals surface area contributed by atoms with Crippen LogP contribution in [0.25, 0.3) is 6.08 Å². The zero-order valence-corrected chi connectivity index (χ0v) is 9.80. The Labute approximate surface area is 87.0 Å². The van der Waals surface area contributed by atoms with Crippen molar-refractivity contribution in [1.82, 2.24) is 0 Å². The lowest BCUT2D eigenvalue weighted by Gasteiger charge is -2.06. The molecule has 0 spiro atoms. The zero-order valence-electron chi connectivity index (χ0n) is 8.64. The summed E-state index contributed by atoms with van der Waals surface area (Å²) in [4.78, 5) is 0. The molecule has 0 aromatic heterocycles. The second-order valence-electron chi connectivity index (χ2n) is 2.95. The first-order chi connectivity index (χ1) is 6.86. The summed E-state index contributed by atoms with van der Waals surface area (Å²) in [5.74, 6) is 0. The van der Waals surface area contributed by atoms with Crippen LogP contribution in [-0.4, -0.2) is 23.5 Å².